The van der Waals surface area contributed by atoms with Crippen molar-refractivity contribution in [3.05, 3.63) is 96.1 Å². The van der Waals surface area contributed by atoms with Crippen LogP contribution in [0.5, 0.6) is 0 Å². The maximum Gasteiger partial charge on any atom is 0.335 e. The maximum absolute atomic E-state index is 12.1. The van der Waals surface area contributed by atoms with Gasteiger partial charge in [-0.25, -0.2) is 4.79 Å². The van der Waals surface area contributed by atoms with Crippen molar-refractivity contribution in [1.82, 2.24) is 0 Å². The Bertz CT molecular complexity index is 1080. The van der Waals surface area contributed by atoms with Gasteiger partial charge in [0.15, 0.2) is 0 Å². The van der Waals surface area contributed by atoms with Gasteiger partial charge in [0, 0.05) is 22.3 Å². The quantitative estimate of drug-likeness (QED) is 0.352. The van der Waals surface area contributed by atoms with E-state index in [1.165, 1.54) is 30.0 Å². The number of aromatic carboxylic acids is 1. The van der Waals surface area contributed by atoms with Crippen LogP contribution in [-0.4, -0.2) is 28.6 Å². The highest BCUT2D eigenvalue weighted by Crippen LogP contribution is 2.21. The van der Waals surface area contributed by atoms with Gasteiger partial charge in [0.25, 0.3) is 0 Å². The van der Waals surface area contributed by atoms with Crippen molar-refractivity contribution in [2.45, 2.75) is 4.90 Å². The molecule has 156 valence electrons. The Morgan fingerprint density at radius 2 is 1.42 bits per heavy atom. The molecule has 3 aromatic rings. The van der Waals surface area contributed by atoms with E-state index in [1.54, 1.807) is 30.3 Å². The molecule has 31 heavy (non-hydrogen) atoms. The molecule has 0 aromatic heterocycles. The first-order valence-electron chi connectivity index (χ1n) is 9.40. The van der Waals surface area contributed by atoms with Crippen LogP contribution in [-0.2, 0) is 9.59 Å². The zero-order valence-corrected chi connectivity index (χ0v) is 17.3. The lowest BCUT2D eigenvalue weighted by Crippen LogP contribution is -2.14. The first kappa shape index (κ1) is 21.9. The summed E-state index contributed by atoms with van der Waals surface area (Å²) < 4.78 is 0. The van der Waals surface area contributed by atoms with Gasteiger partial charge in [0.2, 0.25) is 11.8 Å². The van der Waals surface area contributed by atoms with Crippen molar-refractivity contribution < 1.29 is 19.5 Å². The Labute approximate surface area is 184 Å². The van der Waals surface area contributed by atoms with Crippen LogP contribution in [0.25, 0.3) is 6.08 Å². The van der Waals surface area contributed by atoms with Crippen LogP contribution < -0.4 is 10.6 Å². The highest BCUT2D eigenvalue weighted by Gasteiger charge is 2.06. The first-order valence-corrected chi connectivity index (χ1v) is 10.4. The van der Waals surface area contributed by atoms with E-state index in [9.17, 15) is 14.4 Å². The van der Waals surface area contributed by atoms with Gasteiger partial charge in [-0.1, -0.05) is 30.3 Å². The fourth-order valence-corrected chi connectivity index (χ4v) is 3.30. The standard InChI is InChI=1S/C24H20N2O4S/c27-22(15-6-17-4-2-1-3-5-17)25-20-11-13-21(14-12-20)31-16-23(28)26-19-9-7-18(8-10-19)24(29)30/h1-15H,16H2,(H,25,27)(H,26,28)(H,29,30)/b15-6+. The van der Waals surface area contributed by atoms with Crippen LogP contribution in [0, 0.1) is 0 Å². The van der Waals surface area contributed by atoms with Crippen LogP contribution in [0.3, 0.4) is 0 Å². The summed E-state index contributed by atoms with van der Waals surface area (Å²) in [6.45, 7) is 0. The normalized spacial score (nSPS) is 10.6. The molecule has 7 heteroatoms. The molecule has 0 atom stereocenters. The number of rotatable bonds is 8. The molecular formula is C24H20N2O4S. The number of nitrogens with one attached hydrogen (secondary N) is 2. The molecule has 3 rings (SSSR count). The number of amides is 2. The van der Waals surface area contributed by atoms with Gasteiger partial charge in [0.05, 0.1) is 11.3 Å². The van der Waals surface area contributed by atoms with Crippen molar-refractivity contribution in [2.75, 3.05) is 16.4 Å². The largest absolute Gasteiger partial charge is 0.478 e. The van der Waals surface area contributed by atoms with E-state index in [0.29, 0.717) is 11.4 Å². The van der Waals surface area contributed by atoms with Crippen molar-refractivity contribution in [3.63, 3.8) is 0 Å². The molecule has 0 radical (unpaired) electrons. The fraction of sp³-hybridized carbons (Fsp3) is 0.0417. The lowest BCUT2D eigenvalue weighted by Gasteiger charge is -2.07. The Hall–Kier alpha value is -3.84. The Morgan fingerprint density at radius 3 is 2.06 bits per heavy atom. The third kappa shape index (κ3) is 7.17. The molecule has 0 heterocycles. The van der Waals surface area contributed by atoms with Gasteiger partial charge in [-0.3, -0.25) is 9.59 Å². The Balaban J connectivity index is 1.45. The van der Waals surface area contributed by atoms with Crippen molar-refractivity contribution in [1.29, 1.82) is 0 Å². The van der Waals surface area contributed by atoms with E-state index in [-0.39, 0.29) is 23.1 Å². The number of carbonyl (C=O) groups is 3. The third-order valence-corrected chi connectivity index (χ3v) is 5.15. The number of hydrogen-bond acceptors (Lipinski definition) is 4. The van der Waals surface area contributed by atoms with Crippen LogP contribution in [0.1, 0.15) is 15.9 Å². The van der Waals surface area contributed by atoms with E-state index >= 15 is 0 Å². The molecule has 2 amide bonds. The van der Waals surface area contributed by atoms with Crippen molar-refractivity contribution in [2.24, 2.45) is 0 Å². The smallest absolute Gasteiger partial charge is 0.335 e. The second-order valence-electron chi connectivity index (χ2n) is 6.48. The predicted molar refractivity (Wildman–Crippen MR) is 123 cm³/mol. The van der Waals surface area contributed by atoms with Crippen LogP contribution in [0.4, 0.5) is 11.4 Å². The zero-order chi connectivity index (χ0) is 22.1. The minimum Gasteiger partial charge on any atom is -0.478 e. The number of anilines is 2. The van der Waals surface area contributed by atoms with E-state index < -0.39 is 5.97 Å². The average molecular weight is 433 g/mol. The average Bonchev–Trinajstić information content (AvgIpc) is 2.78. The van der Waals surface area contributed by atoms with E-state index in [0.717, 1.165) is 10.5 Å². The van der Waals surface area contributed by atoms with E-state index in [1.807, 2.05) is 42.5 Å². The number of carboxylic acid groups (broad SMARTS) is 1. The maximum atomic E-state index is 12.1. The molecule has 0 saturated heterocycles. The molecule has 0 aliphatic heterocycles. The number of benzene rings is 3. The SMILES string of the molecule is O=C(/C=C/c1ccccc1)Nc1ccc(SCC(=O)Nc2ccc(C(=O)O)cc2)cc1. The highest BCUT2D eigenvalue weighted by atomic mass is 32.2. The van der Waals surface area contributed by atoms with Gasteiger partial charge in [-0.05, 0) is 60.2 Å². The summed E-state index contributed by atoms with van der Waals surface area (Å²) in [6, 6.07) is 22.7. The molecular weight excluding hydrogens is 412 g/mol. The molecule has 3 N–H and O–H groups in total. The van der Waals surface area contributed by atoms with E-state index in [4.69, 9.17) is 5.11 Å². The van der Waals surface area contributed by atoms with E-state index in [2.05, 4.69) is 10.6 Å². The molecule has 3 aromatic carbocycles. The summed E-state index contributed by atoms with van der Waals surface area (Å²) >= 11 is 1.36. The number of hydrogen-bond donors (Lipinski definition) is 3. The molecule has 0 saturated carbocycles. The summed E-state index contributed by atoms with van der Waals surface area (Å²) in [5.41, 5.74) is 2.31. The van der Waals surface area contributed by atoms with Crippen molar-refractivity contribution >= 4 is 47.0 Å². The zero-order valence-electron chi connectivity index (χ0n) is 16.4. The molecule has 6 nitrogen and oxygen atoms in total. The van der Waals surface area contributed by atoms with Gasteiger partial charge >= 0.3 is 5.97 Å². The van der Waals surface area contributed by atoms with Gasteiger partial charge < -0.3 is 15.7 Å². The summed E-state index contributed by atoms with van der Waals surface area (Å²) in [5, 5.41) is 14.4. The molecule has 0 aliphatic rings. The second-order valence-corrected chi connectivity index (χ2v) is 7.53. The molecule has 0 fully saturated rings. The lowest BCUT2D eigenvalue weighted by molar-refractivity contribution is -0.114. The summed E-state index contributed by atoms with van der Waals surface area (Å²) in [6.07, 6.45) is 3.22. The summed E-state index contributed by atoms with van der Waals surface area (Å²) in [4.78, 5) is 35.9. The number of carbonyl (C=O) groups excluding carboxylic acids is 2. The molecule has 0 aliphatic carbocycles. The van der Waals surface area contributed by atoms with Gasteiger partial charge in [-0.2, -0.15) is 0 Å². The third-order valence-electron chi connectivity index (χ3n) is 4.13. The number of thioether (sulfide) groups is 1. The van der Waals surface area contributed by atoms with Crippen molar-refractivity contribution in [3.8, 4) is 0 Å². The highest BCUT2D eigenvalue weighted by molar-refractivity contribution is 8.00. The van der Waals surface area contributed by atoms with Crippen LogP contribution >= 0.6 is 11.8 Å². The summed E-state index contributed by atoms with van der Waals surface area (Å²) in [7, 11) is 0. The minimum absolute atomic E-state index is 0.162. The first-order chi connectivity index (χ1) is 15.0. The fourth-order valence-electron chi connectivity index (χ4n) is 2.60. The lowest BCUT2D eigenvalue weighted by atomic mass is 10.2. The predicted octanol–water partition coefficient (Wildman–Crippen LogP) is 4.77. The number of carboxylic acids is 1. The van der Waals surface area contributed by atoms with Crippen LogP contribution in [0.15, 0.2) is 89.8 Å². The molecule has 0 unspecified atom stereocenters. The Morgan fingerprint density at radius 1 is 0.806 bits per heavy atom. The second kappa shape index (κ2) is 10.8. The Kier molecular flexibility index (Phi) is 7.61. The van der Waals surface area contributed by atoms with Gasteiger partial charge in [0.1, 0.15) is 0 Å². The van der Waals surface area contributed by atoms with Gasteiger partial charge in [-0.15, -0.1) is 11.8 Å². The molecule has 0 spiro atoms. The molecule has 0 bridgehead atoms. The van der Waals surface area contributed by atoms with Crippen LogP contribution in [0.2, 0.25) is 0 Å². The summed E-state index contributed by atoms with van der Waals surface area (Å²) in [5.74, 6) is -1.24. The monoisotopic (exact) mass is 432 g/mol. The minimum atomic E-state index is -1.01. The topological polar surface area (TPSA) is 95.5 Å².